The van der Waals surface area contributed by atoms with Gasteiger partial charge in [0.25, 0.3) is 5.91 Å². The molecule has 0 spiro atoms. The molecule has 1 saturated carbocycles. The molecule has 2 aromatic heterocycles. The zero-order valence-electron chi connectivity index (χ0n) is 16.5. The van der Waals surface area contributed by atoms with Gasteiger partial charge < -0.3 is 5.73 Å². The number of carbonyl (C=O) groups excluding carboxylic acids is 1. The van der Waals surface area contributed by atoms with Gasteiger partial charge in [-0.15, -0.1) is 0 Å². The third kappa shape index (κ3) is 2.87. The molecule has 2 aliphatic rings. The molecule has 146 valence electrons. The predicted octanol–water partition coefficient (Wildman–Crippen LogP) is 3.79. The molecule has 3 aromatic rings. The Labute approximate surface area is 169 Å². The van der Waals surface area contributed by atoms with Crippen molar-refractivity contribution in [2.75, 3.05) is 0 Å². The highest BCUT2D eigenvalue weighted by Gasteiger charge is 2.31. The van der Waals surface area contributed by atoms with E-state index < -0.39 is 5.91 Å². The van der Waals surface area contributed by atoms with Crippen molar-refractivity contribution in [1.82, 2.24) is 14.5 Å². The Morgan fingerprint density at radius 2 is 1.97 bits per heavy atom. The predicted molar refractivity (Wildman–Crippen MR) is 112 cm³/mol. The Kier molecular flexibility index (Phi) is 4.08. The van der Waals surface area contributed by atoms with Gasteiger partial charge in [0, 0.05) is 11.8 Å². The summed E-state index contributed by atoms with van der Waals surface area (Å²) in [5, 5.41) is 0. The van der Waals surface area contributed by atoms with E-state index >= 15 is 0 Å². The van der Waals surface area contributed by atoms with Crippen LogP contribution in [0.15, 0.2) is 53.9 Å². The van der Waals surface area contributed by atoms with Crippen molar-refractivity contribution in [3.8, 4) is 5.69 Å². The molecule has 6 nitrogen and oxygen atoms in total. The normalized spacial score (nSPS) is 22.7. The van der Waals surface area contributed by atoms with Crippen LogP contribution in [0.1, 0.15) is 71.7 Å². The topological polar surface area (TPSA) is 86.2 Å². The molecule has 29 heavy (non-hydrogen) atoms. The van der Waals surface area contributed by atoms with Gasteiger partial charge in [0.15, 0.2) is 5.69 Å². The summed E-state index contributed by atoms with van der Waals surface area (Å²) in [6.45, 7) is 4.26. The average Bonchev–Trinajstić information content (AvgIpc) is 3.11. The van der Waals surface area contributed by atoms with Crippen LogP contribution in [0.25, 0.3) is 5.69 Å². The molecule has 0 saturated heterocycles. The van der Waals surface area contributed by atoms with Crippen molar-refractivity contribution in [2.24, 2.45) is 16.6 Å². The van der Waals surface area contributed by atoms with Crippen molar-refractivity contribution in [3.63, 3.8) is 0 Å². The van der Waals surface area contributed by atoms with Crippen molar-refractivity contribution in [3.05, 3.63) is 77.1 Å². The van der Waals surface area contributed by atoms with E-state index in [1.807, 2.05) is 29.7 Å². The Balaban J connectivity index is 1.74. The monoisotopic (exact) mass is 385 g/mol. The van der Waals surface area contributed by atoms with Crippen molar-refractivity contribution < 1.29 is 4.79 Å². The summed E-state index contributed by atoms with van der Waals surface area (Å²) in [4.78, 5) is 25.8. The Hall–Kier alpha value is -3.28. The van der Waals surface area contributed by atoms with E-state index in [1.54, 1.807) is 12.5 Å². The number of hydrogen-bond acceptors (Lipinski definition) is 4. The highest BCUT2D eigenvalue weighted by Crippen LogP contribution is 2.42. The number of fused-ring (bicyclic) bond motifs is 3. The maximum atomic E-state index is 12.0. The largest absolute Gasteiger partial charge is 0.364 e. The van der Waals surface area contributed by atoms with Gasteiger partial charge in [-0.25, -0.2) is 4.98 Å². The highest BCUT2D eigenvalue weighted by atomic mass is 16.1. The first-order valence-electron chi connectivity index (χ1n) is 10.0. The molecule has 5 rings (SSSR count). The molecule has 1 aromatic carbocycles. The number of aliphatic imine (C=N–C) groups is 1. The fourth-order valence-corrected chi connectivity index (χ4v) is 4.55. The lowest BCUT2D eigenvalue weighted by atomic mass is 9.72. The number of nitrogens with two attached hydrogens (primary N) is 1. The van der Waals surface area contributed by atoms with Crippen LogP contribution in [0.2, 0.25) is 0 Å². The van der Waals surface area contributed by atoms with Crippen LogP contribution < -0.4 is 5.73 Å². The second-order valence-corrected chi connectivity index (χ2v) is 8.13. The Morgan fingerprint density at radius 1 is 1.14 bits per heavy atom. The van der Waals surface area contributed by atoms with Gasteiger partial charge in [-0.2, -0.15) is 0 Å². The summed E-state index contributed by atoms with van der Waals surface area (Å²) < 4.78 is 1.95. The molecule has 1 amide bonds. The number of benzene rings is 1. The van der Waals surface area contributed by atoms with Gasteiger partial charge >= 0.3 is 0 Å². The zero-order chi connectivity index (χ0) is 20.1. The summed E-state index contributed by atoms with van der Waals surface area (Å²) >= 11 is 0. The highest BCUT2D eigenvalue weighted by molar-refractivity contribution is 6.14. The van der Waals surface area contributed by atoms with Gasteiger partial charge in [0.05, 0.1) is 28.8 Å². The fraction of sp³-hybridized carbons (Fsp3) is 0.304. The molecule has 1 fully saturated rings. The minimum absolute atomic E-state index is 0.270. The van der Waals surface area contributed by atoms with Gasteiger partial charge in [0.2, 0.25) is 0 Å². The number of pyridine rings is 1. The van der Waals surface area contributed by atoms with E-state index in [4.69, 9.17) is 10.7 Å². The lowest BCUT2D eigenvalue weighted by molar-refractivity contribution is 0.0994. The van der Waals surface area contributed by atoms with Gasteiger partial charge in [-0.05, 0) is 61.4 Å². The summed E-state index contributed by atoms with van der Waals surface area (Å²) in [6.07, 6.45) is 5.88. The first-order chi connectivity index (χ1) is 14.0. The molecule has 1 aliphatic heterocycles. The molecule has 2 N–H and O–H groups in total. The van der Waals surface area contributed by atoms with Crippen LogP contribution in [0, 0.1) is 5.92 Å². The zero-order valence-corrected chi connectivity index (χ0v) is 16.5. The fourth-order valence-electron chi connectivity index (χ4n) is 4.55. The molecule has 0 radical (unpaired) electrons. The summed E-state index contributed by atoms with van der Waals surface area (Å²) in [5.41, 5.74) is 11.5. The van der Waals surface area contributed by atoms with Gasteiger partial charge in [-0.1, -0.05) is 19.1 Å². The lowest BCUT2D eigenvalue weighted by Crippen LogP contribution is -2.19. The standard InChI is InChI=1S/C23H23N5O/c1-13-9-16(10-13)15-6-7-19-17(11-15)20(18-5-3-4-8-25-18)27-14(2)22-21(23(24)29)26-12-28(19)22/h3-8,11-14,16H,9-10H2,1-2H3,(H2,24,29)/t13?,14-,16?/m0/s1. The molecule has 0 bridgehead atoms. The first-order valence-corrected chi connectivity index (χ1v) is 10.0. The van der Waals surface area contributed by atoms with E-state index in [1.165, 1.54) is 18.4 Å². The van der Waals surface area contributed by atoms with E-state index in [0.717, 1.165) is 34.3 Å². The molecular formula is C23H23N5O. The van der Waals surface area contributed by atoms with Crippen molar-refractivity contribution in [2.45, 2.75) is 38.6 Å². The number of rotatable bonds is 3. The minimum atomic E-state index is -0.538. The van der Waals surface area contributed by atoms with Crippen molar-refractivity contribution in [1.29, 1.82) is 0 Å². The minimum Gasteiger partial charge on any atom is -0.364 e. The van der Waals surface area contributed by atoms with Crippen LogP contribution in [0.4, 0.5) is 0 Å². The second-order valence-electron chi connectivity index (χ2n) is 8.13. The first kappa shape index (κ1) is 17.8. The number of hydrogen-bond donors (Lipinski definition) is 1. The van der Waals surface area contributed by atoms with E-state index in [0.29, 0.717) is 5.92 Å². The summed E-state index contributed by atoms with van der Waals surface area (Å²) in [5.74, 6) is 0.828. The van der Waals surface area contributed by atoms with Crippen molar-refractivity contribution >= 4 is 11.6 Å². The number of imidazole rings is 1. The molecule has 1 aliphatic carbocycles. The van der Waals surface area contributed by atoms with E-state index in [9.17, 15) is 4.79 Å². The number of carbonyl (C=O) groups is 1. The molecule has 3 heterocycles. The maximum absolute atomic E-state index is 12.0. The van der Waals surface area contributed by atoms with Gasteiger partial charge in [-0.3, -0.25) is 19.3 Å². The molecule has 0 unspecified atom stereocenters. The summed E-state index contributed by atoms with van der Waals surface area (Å²) in [6, 6.07) is 12.1. The Morgan fingerprint density at radius 3 is 2.66 bits per heavy atom. The third-order valence-corrected chi connectivity index (χ3v) is 6.04. The lowest BCUT2D eigenvalue weighted by Gasteiger charge is -2.33. The summed E-state index contributed by atoms with van der Waals surface area (Å²) in [7, 11) is 0. The Bertz CT molecular complexity index is 1130. The average molecular weight is 385 g/mol. The second kappa shape index (κ2) is 6.65. The number of aromatic nitrogens is 3. The van der Waals surface area contributed by atoms with E-state index in [2.05, 4.69) is 35.1 Å². The molecular weight excluding hydrogens is 362 g/mol. The quantitative estimate of drug-likeness (QED) is 0.744. The van der Waals surface area contributed by atoms with Crippen LogP contribution in [0.3, 0.4) is 0 Å². The number of primary amides is 1. The number of amides is 1. The third-order valence-electron chi connectivity index (χ3n) is 6.04. The molecule has 6 heteroatoms. The SMILES string of the molecule is CC1CC(c2ccc3c(c2)C(c2ccccn2)=N[C@@H](C)c2c(C(N)=O)ncn2-3)C1. The van der Waals surface area contributed by atoms with Crippen LogP contribution in [0.5, 0.6) is 0 Å². The maximum Gasteiger partial charge on any atom is 0.269 e. The molecule has 1 atom stereocenters. The van der Waals surface area contributed by atoms with E-state index in [-0.39, 0.29) is 11.7 Å². The van der Waals surface area contributed by atoms with Crippen LogP contribution >= 0.6 is 0 Å². The smallest absolute Gasteiger partial charge is 0.269 e. The number of nitrogens with zero attached hydrogens (tertiary/aromatic N) is 4. The van der Waals surface area contributed by atoms with Crippen LogP contribution in [-0.4, -0.2) is 26.2 Å². The van der Waals surface area contributed by atoms with Crippen LogP contribution in [-0.2, 0) is 0 Å². The van der Waals surface area contributed by atoms with Gasteiger partial charge in [0.1, 0.15) is 6.33 Å².